The van der Waals surface area contributed by atoms with Gasteiger partial charge in [0, 0.05) is 10.9 Å². The first-order chi connectivity index (χ1) is 16.9. The average molecular weight is 470 g/mol. The molecule has 0 aliphatic carbocycles. The van der Waals surface area contributed by atoms with E-state index in [2.05, 4.69) is 10.5 Å². The van der Waals surface area contributed by atoms with Crippen molar-refractivity contribution in [2.45, 2.75) is 26.9 Å². The molecule has 1 amide bonds. The zero-order valence-electron chi connectivity index (χ0n) is 19.9. The molecule has 0 spiro atoms. The normalized spacial score (nSPS) is 11.2. The molecule has 7 nitrogen and oxygen atoms in total. The number of hydrogen-bond acceptors (Lipinski definition) is 6. The van der Waals surface area contributed by atoms with Crippen LogP contribution in [0, 0.1) is 0 Å². The summed E-state index contributed by atoms with van der Waals surface area (Å²) in [5, 5.41) is 14.7. The minimum Gasteiger partial charge on any atom is -0.504 e. The van der Waals surface area contributed by atoms with Gasteiger partial charge in [-0.15, -0.1) is 0 Å². The summed E-state index contributed by atoms with van der Waals surface area (Å²) in [7, 11) is 0. The van der Waals surface area contributed by atoms with Crippen LogP contribution in [0.1, 0.15) is 36.7 Å². The number of para-hydroxylation sites is 1. The summed E-state index contributed by atoms with van der Waals surface area (Å²) in [4.78, 5) is 17.9. The first kappa shape index (κ1) is 23.8. The Kier molecular flexibility index (Phi) is 7.26. The highest BCUT2D eigenvalue weighted by Crippen LogP contribution is 2.28. The third kappa shape index (κ3) is 5.76. The van der Waals surface area contributed by atoms with Crippen molar-refractivity contribution in [2.24, 2.45) is 5.10 Å². The Bertz CT molecular complexity index is 1380. The lowest BCUT2D eigenvalue weighted by Gasteiger charge is -2.12. The molecule has 178 valence electrons. The second kappa shape index (κ2) is 10.7. The minimum absolute atomic E-state index is 0.0479. The summed E-state index contributed by atoms with van der Waals surface area (Å²) in [6.07, 6.45) is 1.55. The highest BCUT2D eigenvalue weighted by Gasteiger charge is 2.14. The molecule has 0 saturated heterocycles. The van der Waals surface area contributed by atoms with E-state index in [9.17, 15) is 9.90 Å². The molecule has 0 fully saturated rings. The predicted octanol–water partition coefficient (Wildman–Crippen LogP) is 5.56. The fraction of sp³-hybridized carbons (Fsp3) is 0.179. The smallest absolute Gasteiger partial charge is 0.272 e. The quantitative estimate of drug-likeness (QED) is 0.260. The van der Waals surface area contributed by atoms with Gasteiger partial charge in [-0.25, -0.2) is 10.4 Å². The van der Waals surface area contributed by atoms with Gasteiger partial charge in [-0.2, -0.15) is 5.10 Å². The molecule has 0 atom stereocenters. The van der Waals surface area contributed by atoms with E-state index in [4.69, 9.17) is 14.5 Å². The summed E-state index contributed by atoms with van der Waals surface area (Å²) < 4.78 is 11.2. The SMILES string of the molecule is CCOc1cc(C=NNC(=O)c2cc(-c3cccc(OC(C)C)c3)nc3ccccc23)ccc1O. The Morgan fingerprint density at radius 2 is 1.91 bits per heavy atom. The van der Waals surface area contributed by atoms with E-state index in [1.54, 1.807) is 18.2 Å². The number of benzene rings is 3. The number of aromatic hydroxyl groups is 1. The lowest BCUT2D eigenvalue weighted by atomic mass is 10.0. The molecule has 35 heavy (non-hydrogen) atoms. The maximum absolute atomic E-state index is 13.1. The number of carbonyl (C=O) groups is 1. The Labute approximate surface area is 204 Å². The van der Waals surface area contributed by atoms with Crippen LogP contribution in [-0.2, 0) is 0 Å². The first-order valence-electron chi connectivity index (χ1n) is 11.4. The van der Waals surface area contributed by atoms with E-state index in [-0.39, 0.29) is 17.8 Å². The first-order valence-corrected chi connectivity index (χ1v) is 11.4. The van der Waals surface area contributed by atoms with Gasteiger partial charge in [0.1, 0.15) is 5.75 Å². The number of amides is 1. The molecule has 0 unspecified atom stereocenters. The van der Waals surface area contributed by atoms with Crippen LogP contribution < -0.4 is 14.9 Å². The number of fused-ring (bicyclic) bond motifs is 1. The Morgan fingerprint density at radius 1 is 1.09 bits per heavy atom. The number of hydrogen-bond donors (Lipinski definition) is 2. The summed E-state index contributed by atoms with van der Waals surface area (Å²) in [5.41, 5.74) is 5.94. The molecule has 4 aromatic rings. The van der Waals surface area contributed by atoms with E-state index < -0.39 is 0 Å². The zero-order valence-corrected chi connectivity index (χ0v) is 19.9. The van der Waals surface area contributed by atoms with Crippen molar-refractivity contribution in [2.75, 3.05) is 6.61 Å². The molecule has 0 bridgehead atoms. The Balaban J connectivity index is 1.63. The highest BCUT2D eigenvalue weighted by atomic mass is 16.5. The molecule has 0 aliphatic heterocycles. The van der Waals surface area contributed by atoms with E-state index in [0.29, 0.717) is 34.7 Å². The molecule has 1 aromatic heterocycles. The number of nitrogens with zero attached hydrogens (tertiary/aromatic N) is 2. The summed E-state index contributed by atoms with van der Waals surface area (Å²) in [6.45, 7) is 6.20. The lowest BCUT2D eigenvalue weighted by Crippen LogP contribution is -2.18. The van der Waals surface area contributed by atoms with Gasteiger partial charge < -0.3 is 14.6 Å². The van der Waals surface area contributed by atoms with E-state index in [1.807, 2.05) is 69.3 Å². The molecule has 1 heterocycles. The molecular weight excluding hydrogens is 442 g/mol. The van der Waals surface area contributed by atoms with Gasteiger partial charge in [0.25, 0.3) is 5.91 Å². The van der Waals surface area contributed by atoms with Crippen molar-refractivity contribution in [1.29, 1.82) is 0 Å². The third-order valence-corrected chi connectivity index (χ3v) is 5.13. The van der Waals surface area contributed by atoms with Crippen molar-refractivity contribution >= 4 is 23.0 Å². The van der Waals surface area contributed by atoms with E-state index in [1.165, 1.54) is 12.3 Å². The summed E-state index contributed by atoms with van der Waals surface area (Å²) >= 11 is 0. The molecule has 4 rings (SSSR count). The van der Waals surface area contributed by atoms with E-state index in [0.717, 1.165) is 16.7 Å². The second-order valence-electron chi connectivity index (χ2n) is 8.13. The molecule has 0 radical (unpaired) electrons. The fourth-order valence-electron chi connectivity index (χ4n) is 3.62. The molecule has 7 heteroatoms. The van der Waals surface area contributed by atoms with Crippen LogP contribution in [0.2, 0.25) is 0 Å². The highest BCUT2D eigenvalue weighted by molar-refractivity contribution is 6.07. The predicted molar refractivity (Wildman–Crippen MR) is 137 cm³/mol. The van der Waals surface area contributed by atoms with Gasteiger partial charge >= 0.3 is 0 Å². The largest absolute Gasteiger partial charge is 0.504 e. The van der Waals surface area contributed by atoms with Crippen molar-refractivity contribution < 1.29 is 19.4 Å². The summed E-state index contributed by atoms with van der Waals surface area (Å²) in [5.74, 6) is 0.783. The number of ether oxygens (including phenoxy) is 2. The van der Waals surface area contributed by atoms with Crippen molar-refractivity contribution in [3.63, 3.8) is 0 Å². The Hall–Kier alpha value is -4.39. The minimum atomic E-state index is -0.362. The summed E-state index contributed by atoms with van der Waals surface area (Å²) in [6, 6.07) is 21.8. The maximum atomic E-state index is 13.1. The molecule has 3 aromatic carbocycles. The van der Waals surface area contributed by atoms with Crippen LogP contribution in [0.15, 0.2) is 77.9 Å². The van der Waals surface area contributed by atoms with Gasteiger partial charge in [-0.1, -0.05) is 30.3 Å². The number of phenols is 1. The monoisotopic (exact) mass is 469 g/mol. The van der Waals surface area contributed by atoms with Crippen LogP contribution in [0.4, 0.5) is 0 Å². The lowest BCUT2D eigenvalue weighted by molar-refractivity contribution is 0.0956. The molecule has 0 aliphatic rings. The number of carbonyl (C=O) groups excluding carboxylic acids is 1. The maximum Gasteiger partial charge on any atom is 0.272 e. The van der Waals surface area contributed by atoms with Crippen LogP contribution in [0.3, 0.4) is 0 Å². The number of rotatable bonds is 8. The van der Waals surface area contributed by atoms with Gasteiger partial charge in [0.05, 0.1) is 35.7 Å². The molecule has 2 N–H and O–H groups in total. The molecule has 0 saturated carbocycles. The topological polar surface area (TPSA) is 93.0 Å². The Morgan fingerprint density at radius 3 is 2.71 bits per heavy atom. The standard InChI is InChI=1S/C28H27N3O4/c1-4-34-27-14-19(12-13-26(27)32)17-29-31-28(33)23-16-25(30-24-11-6-5-10-22(23)24)20-8-7-9-21(15-20)35-18(2)3/h5-18,32H,4H2,1-3H3,(H,31,33). The number of hydrazone groups is 1. The van der Waals surface area contributed by atoms with Gasteiger partial charge in [0.15, 0.2) is 11.5 Å². The van der Waals surface area contributed by atoms with Crippen LogP contribution >= 0.6 is 0 Å². The van der Waals surface area contributed by atoms with Gasteiger partial charge in [-0.05, 0) is 68.8 Å². The third-order valence-electron chi connectivity index (χ3n) is 5.13. The van der Waals surface area contributed by atoms with Gasteiger partial charge in [0.2, 0.25) is 0 Å². The zero-order chi connectivity index (χ0) is 24.8. The van der Waals surface area contributed by atoms with Crippen molar-refractivity contribution in [3.05, 3.63) is 83.9 Å². The van der Waals surface area contributed by atoms with Crippen molar-refractivity contribution in [3.8, 4) is 28.5 Å². The molecular formula is C28H27N3O4. The number of nitrogens with one attached hydrogen (secondary N) is 1. The van der Waals surface area contributed by atoms with E-state index >= 15 is 0 Å². The number of phenolic OH excluding ortho intramolecular Hbond substituents is 1. The van der Waals surface area contributed by atoms with Crippen LogP contribution in [0.5, 0.6) is 17.2 Å². The van der Waals surface area contributed by atoms with Crippen molar-refractivity contribution in [1.82, 2.24) is 10.4 Å². The van der Waals surface area contributed by atoms with Crippen LogP contribution in [0.25, 0.3) is 22.2 Å². The number of pyridine rings is 1. The average Bonchev–Trinajstić information content (AvgIpc) is 2.85. The van der Waals surface area contributed by atoms with Crippen LogP contribution in [-0.4, -0.2) is 34.9 Å². The number of aromatic nitrogens is 1. The van der Waals surface area contributed by atoms with Gasteiger partial charge in [-0.3, -0.25) is 4.79 Å². The fourth-order valence-corrected chi connectivity index (χ4v) is 3.62. The second-order valence-corrected chi connectivity index (χ2v) is 8.13.